The van der Waals surface area contributed by atoms with Crippen LogP contribution in [0.5, 0.6) is 0 Å². The van der Waals surface area contributed by atoms with Gasteiger partial charge in [0.1, 0.15) is 0 Å². The summed E-state index contributed by atoms with van der Waals surface area (Å²) in [6, 6.07) is 21.2. The Morgan fingerprint density at radius 1 is 1.00 bits per heavy atom. The van der Waals surface area contributed by atoms with Crippen molar-refractivity contribution in [2.75, 3.05) is 13.2 Å². The Balaban J connectivity index is 1.99. The number of benzene rings is 2. The molecule has 0 aliphatic carbocycles. The Labute approximate surface area is 230 Å². The molecule has 208 valence electrons. The van der Waals surface area contributed by atoms with E-state index in [1.807, 2.05) is 32.1 Å². The van der Waals surface area contributed by atoms with Crippen molar-refractivity contribution in [1.29, 1.82) is 0 Å². The van der Waals surface area contributed by atoms with Gasteiger partial charge < -0.3 is 19.4 Å². The van der Waals surface area contributed by atoms with Crippen LogP contribution in [0.25, 0.3) is 0 Å². The maximum absolute atomic E-state index is 11.7. The molecule has 0 amide bonds. The molecule has 0 heterocycles. The smallest absolute Gasteiger partial charge is 0.308 e. The Kier molecular flexibility index (Phi) is 13.2. The number of hydrogen-bond acceptors (Lipinski definition) is 5. The Bertz CT molecular complexity index is 972. The van der Waals surface area contributed by atoms with E-state index in [2.05, 4.69) is 75.4 Å². The number of hydrogen-bond donors (Lipinski definition) is 2. The highest BCUT2D eigenvalue weighted by Crippen LogP contribution is 2.36. The minimum Gasteiger partial charge on any atom is -0.466 e. The summed E-state index contributed by atoms with van der Waals surface area (Å²) in [5, 5.41) is 22.8. The van der Waals surface area contributed by atoms with Crippen molar-refractivity contribution in [1.82, 2.24) is 0 Å². The molecule has 0 spiro atoms. The topological polar surface area (TPSA) is 76.0 Å². The Morgan fingerprint density at radius 3 is 2.11 bits per heavy atom. The largest absolute Gasteiger partial charge is 0.466 e. The second-order valence-corrected chi connectivity index (χ2v) is 15.2. The molecule has 0 fully saturated rings. The van der Waals surface area contributed by atoms with E-state index in [0.29, 0.717) is 19.6 Å². The van der Waals surface area contributed by atoms with Crippen LogP contribution in [0.2, 0.25) is 5.04 Å². The first-order valence-electron chi connectivity index (χ1n) is 13.7. The van der Waals surface area contributed by atoms with Crippen molar-refractivity contribution in [3.8, 4) is 0 Å². The Morgan fingerprint density at radius 2 is 1.58 bits per heavy atom. The fraction of sp³-hybridized carbons (Fsp3) is 0.469. The molecular formula is C32H46O5Si. The van der Waals surface area contributed by atoms with E-state index < -0.39 is 26.5 Å². The van der Waals surface area contributed by atoms with Gasteiger partial charge in [-0.25, -0.2) is 0 Å². The lowest BCUT2D eigenvalue weighted by Gasteiger charge is -2.42. The first-order chi connectivity index (χ1) is 18.1. The van der Waals surface area contributed by atoms with E-state index >= 15 is 0 Å². The molecule has 2 rings (SSSR count). The van der Waals surface area contributed by atoms with Gasteiger partial charge in [-0.1, -0.05) is 119 Å². The monoisotopic (exact) mass is 538 g/mol. The maximum Gasteiger partial charge on any atom is 0.308 e. The van der Waals surface area contributed by atoms with Crippen LogP contribution in [0.3, 0.4) is 0 Å². The number of unbranched alkanes of at least 4 members (excludes halogenated alkanes) is 1. The SMILES string of the molecule is CCCCOC(=O)C[C@H](O)C[C@H](O)/C=C/C/C(C)=C\CO[Si](c1ccccc1)(c1ccccc1)C(C)(C)C. The predicted octanol–water partition coefficient (Wildman–Crippen LogP) is 5.30. The molecule has 2 aromatic carbocycles. The quantitative estimate of drug-likeness (QED) is 0.139. The predicted molar refractivity (Wildman–Crippen MR) is 158 cm³/mol. The molecular weight excluding hydrogens is 492 g/mol. The van der Waals surface area contributed by atoms with Gasteiger partial charge in [0.15, 0.2) is 0 Å². The summed E-state index contributed by atoms with van der Waals surface area (Å²) < 4.78 is 12.0. The van der Waals surface area contributed by atoms with E-state index in [9.17, 15) is 15.0 Å². The number of aliphatic hydroxyl groups excluding tert-OH is 2. The molecule has 0 aliphatic rings. The normalized spacial score (nSPS) is 14.4. The minimum absolute atomic E-state index is 0.0786. The molecule has 0 aromatic heterocycles. The lowest BCUT2D eigenvalue weighted by atomic mass is 10.1. The minimum atomic E-state index is -2.58. The molecule has 2 N–H and O–H groups in total. The molecule has 2 atom stereocenters. The fourth-order valence-corrected chi connectivity index (χ4v) is 9.08. The lowest BCUT2D eigenvalue weighted by molar-refractivity contribution is -0.146. The van der Waals surface area contributed by atoms with Gasteiger partial charge in [0.25, 0.3) is 8.32 Å². The van der Waals surface area contributed by atoms with Crippen LogP contribution in [0.15, 0.2) is 84.5 Å². The number of carbonyl (C=O) groups is 1. The molecule has 38 heavy (non-hydrogen) atoms. The molecule has 6 heteroatoms. The van der Waals surface area contributed by atoms with Gasteiger partial charge in [0.05, 0.1) is 31.8 Å². The van der Waals surface area contributed by atoms with Gasteiger partial charge in [-0.05, 0) is 35.2 Å². The van der Waals surface area contributed by atoms with Crippen LogP contribution in [-0.2, 0) is 14.0 Å². The molecule has 0 bridgehead atoms. The highest BCUT2D eigenvalue weighted by Gasteiger charge is 2.49. The van der Waals surface area contributed by atoms with Crippen LogP contribution < -0.4 is 10.4 Å². The van der Waals surface area contributed by atoms with Crippen molar-refractivity contribution < 1.29 is 24.2 Å². The summed E-state index contributed by atoms with van der Waals surface area (Å²) in [7, 11) is -2.58. The van der Waals surface area contributed by atoms with Crippen LogP contribution in [-0.4, -0.2) is 49.9 Å². The van der Waals surface area contributed by atoms with E-state index in [0.717, 1.165) is 18.4 Å². The summed E-state index contributed by atoms with van der Waals surface area (Å²) in [6.45, 7) is 11.7. The van der Waals surface area contributed by atoms with E-state index in [1.54, 1.807) is 6.08 Å². The van der Waals surface area contributed by atoms with Gasteiger partial charge in [0, 0.05) is 6.42 Å². The first-order valence-corrected chi connectivity index (χ1v) is 15.6. The van der Waals surface area contributed by atoms with Crippen molar-refractivity contribution in [3.05, 3.63) is 84.5 Å². The number of carbonyl (C=O) groups excluding carboxylic acids is 1. The fourth-order valence-electron chi connectivity index (χ4n) is 4.59. The summed E-state index contributed by atoms with van der Waals surface area (Å²) >= 11 is 0. The average Bonchev–Trinajstić information content (AvgIpc) is 2.87. The summed E-state index contributed by atoms with van der Waals surface area (Å²) in [5.74, 6) is -0.429. The molecule has 2 aromatic rings. The number of rotatable bonds is 15. The number of allylic oxidation sites excluding steroid dienone is 2. The molecule has 0 saturated heterocycles. The molecule has 0 aliphatic heterocycles. The van der Waals surface area contributed by atoms with Crippen LogP contribution in [0.4, 0.5) is 0 Å². The maximum atomic E-state index is 11.7. The third-order valence-corrected chi connectivity index (χ3v) is 11.6. The summed E-state index contributed by atoms with van der Waals surface area (Å²) in [4.78, 5) is 11.7. The van der Waals surface area contributed by atoms with Gasteiger partial charge in [-0.15, -0.1) is 0 Å². The van der Waals surface area contributed by atoms with Gasteiger partial charge in [0.2, 0.25) is 0 Å². The molecule has 5 nitrogen and oxygen atoms in total. The van der Waals surface area contributed by atoms with Crippen molar-refractivity contribution in [3.63, 3.8) is 0 Å². The van der Waals surface area contributed by atoms with Crippen LogP contribution >= 0.6 is 0 Å². The van der Waals surface area contributed by atoms with E-state index in [1.165, 1.54) is 10.4 Å². The second-order valence-electron chi connectivity index (χ2n) is 10.9. The van der Waals surface area contributed by atoms with Crippen LogP contribution in [0, 0.1) is 0 Å². The zero-order chi connectivity index (χ0) is 28.0. The third-order valence-electron chi connectivity index (χ3n) is 6.62. The zero-order valence-electron chi connectivity index (χ0n) is 23.7. The second kappa shape index (κ2) is 15.8. The Hall–Kier alpha value is -2.51. The van der Waals surface area contributed by atoms with E-state index in [4.69, 9.17) is 9.16 Å². The number of ether oxygens (including phenoxy) is 1. The third kappa shape index (κ3) is 9.66. The molecule has 0 unspecified atom stereocenters. The van der Waals surface area contributed by atoms with Gasteiger partial charge >= 0.3 is 5.97 Å². The van der Waals surface area contributed by atoms with Gasteiger partial charge in [-0.3, -0.25) is 4.79 Å². The zero-order valence-corrected chi connectivity index (χ0v) is 24.7. The molecule has 0 saturated carbocycles. The van der Waals surface area contributed by atoms with Crippen molar-refractivity contribution in [2.45, 2.75) is 84.0 Å². The standard InChI is InChI=1S/C32H46O5Si/c1-6-7-22-36-31(35)25-28(34)24-27(33)16-14-15-26(2)21-23-37-38(32(3,4)5,29-17-10-8-11-18-29)30-19-12-9-13-20-30/h8-14,16-21,27-28,33-34H,6-7,15,22-25H2,1-5H3/b16-14+,26-21-/t27-,28-/m1/s1. The first kappa shape index (κ1) is 31.7. The highest BCUT2D eigenvalue weighted by molar-refractivity contribution is 6.99. The highest BCUT2D eigenvalue weighted by atomic mass is 28.4. The van der Waals surface area contributed by atoms with Crippen molar-refractivity contribution >= 4 is 24.7 Å². The van der Waals surface area contributed by atoms with Crippen molar-refractivity contribution in [2.24, 2.45) is 0 Å². The average molecular weight is 539 g/mol. The van der Waals surface area contributed by atoms with Gasteiger partial charge in [-0.2, -0.15) is 0 Å². The molecule has 0 radical (unpaired) electrons. The summed E-state index contributed by atoms with van der Waals surface area (Å²) in [5.41, 5.74) is 1.13. The van der Waals surface area contributed by atoms with E-state index in [-0.39, 0.29) is 17.9 Å². The van der Waals surface area contributed by atoms with Crippen LogP contribution in [0.1, 0.15) is 66.7 Å². The lowest BCUT2D eigenvalue weighted by Crippen LogP contribution is -2.66. The summed E-state index contributed by atoms with van der Waals surface area (Å²) in [6.07, 6.45) is 6.33. The number of esters is 1. The number of aliphatic hydroxyl groups is 2.